The SMILES string of the molecule is CCOc1cccc(NCc2cc(C)c(C)s2)n1. The number of hydrogen-bond donors (Lipinski definition) is 1. The van der Waals surface area contributed by atoms with Crippen molar-refractivity contribution >= 4 is 17.2 Å². The van der Waals surface area contributed by atoms with E-state index in [4.69, 9.17) is 4.74 Å². The van der Waals surface area contributed by atoms with Crippen molar-refractivity contribution in [3.63, 3.8) is 0 Å². The van der Waals surface area contributed by atoms with Crippen LogP contribution in [0, 0.1) is 13.8 Å². The Morgan fingerprint density at radius 3 is 2.83 bits per heavy atom. The van der Waals surface area contributed by atoms with Gasteiger partial charge in [0.25, 0.3) is 0 Å². The highest BCUT2D eigenvalue weighted by Gasteiger charge is 2.02. The summed E-state index contributed by atoms with van der Waals surface area (Å²) in [5, 5.41) is 3.32. The fraction of sp³-hybridized carbons (Fsp3) is 0.357. The zero-order valence-corrected chi connectivity index (χ0v) is 11.8. The molecule has 0 aromatic carbocycles. The summed E-state index contributed by atoms with van der Waals surface area (Å²) in [5.74, 6) is 1.52. The van der Waals surface area contributed by atoms with Crippen LogP contribution in [0.15, 0.2) is 24.3 Å². The van der Waals surface area contributed by atoms with Gasteiger partial charge in [-0.15, -0.1) is 11.3 Å². The van der Waals surface area contributed by atoms with E-state index < -0.39 is 0 Å². The Balaban J connectivity index is 1.99. The smallest absolute Gasteiger partial charge is 0.215 e. The lowest BCUT2D eigenvalue weighted by Crippen LogP contribution is -2.01. The van der Waals surface area contributed by atoms with E-state index in [0.29, 0.717) is 12.5 Å². The summed E-state index contributed by atoms with van der Waals surface area (Å²) in [4.78, 5) is 7.08. The van der Waals surface area contributed by atoms with E-state index in [1.807, 2.05) is 36.5 Å². The molecule has 2 aromatic rings. The molecule has 2 rings (SSSR count). The number of nitrogens with one attached hydrogen (secondary N) is 1. The molecule has 0 amide bonds. The molecule has 1 N–H and O–H groups in total. The van der Waals surface area contributed by atoms with E-state index in [1.54, 1.807) is 0 Å². The first-order valence-electron chi connectivity index (χ1n) is 6.08. The Labute approximate surface area is 112 Å². The molecule has 0 spiro atoms. The minimum atomic E-state index is 0.639. The summed E-state index contributed by atoms with van der Waals surface area (Å²) < 4.78 is 5.37. The van der Waals surface area contributed by atoms with E-state index in [2.05, 4.69) is 30.2 Å². The van der Waals surface area contributed by atoms with Crippen molar-refractivity contribution in [1.82, 2.24) is 4.98 Å². The van der Waals surface area contributed by atoms with Gasteiger partial charge in [0.05, 0.1) is 13.2 Å². The maximum absolute atomic E-state index is 5.37. The maximum atomic E-state index is 5.37. The third kappa shape index (κ3) is 3.23. The van der Waals surface area contributed by atoms with Crippen molar-refractivity contribution in [2.45, 2.75) is 27.3 Å². The number of rotatable bonds is 5. The molecule has 0 bridgehead atoms. The normalized spacial score (nSPS) is 10.4. The van der Waals surface area contributed by atoms with Crippen molar-refractivity contribution in [2.24, 2.45) is 0 Å². The van der Waals surface area contributed by atoms with Gasteiger partial charge >= 0.3 is 0 Å². The van der Waals surface area contributed by atoms with Gasteiger partial charge < -0.3 is 10.1 Å². The van der Waals surface area contributed by atoms with Crippen LogP contribution in [0.4, 0.5) is 5.82 Å². The van der Waals surface area contributed by atoms with Crippen LogP contribution in [0.1, 0.15) is 22.2 Å². The van der Waals surface area contributed by atoms with Gasteiger partial charge in [0.15, 0.2) is 0 Å². The molecule has 0 saturated heterocycles. The summed E-state index contributed by atoms with van der Waals surface area (Å²) in [5.41, 5.74) is 1.35. The van der Waals surface area contributed by atoms with Gasteiger partial charge in [-0.25, -0.2) is 0 Å². The lowest BCUT2D eigenvalue weighted by molar-refractivity contribution is 0.327. The van der Waals surface area contributed by atoms with Crippen LogP contribution >= 0.6 is 11.3 Å². The second-order valence-corrected chi connectivity index (χ2v) is 5.44. The predicted octanol–water partition coefficient (Wildman–Crippen LogP) is 3.77. The summed E-state index contributed by atoms with van der Waals surface area (Å²) in [6, 6.07) is 7.99. The van der Waals surface area contributed by atoms with Gasteiger partial charge in [-0.3, -0.25) is 0 Å². The highest BCUT2D eigenvalue weighted by molar-refractivity contribution is 7.12. The van der Waals surface area contributed by atoms with Crippen molar-refractivity contribution < 1.29 is 4.74 Å². The molecule has 0 aliphatic heterocycles. The van der Waals surface area contributed by atoms with Crippen LogP contribution in [0.2, 0.25) is 0 Å². The number of aryl methyl sites for hydroxylation is 2. The molecule has 3 nitrogen and oxygen atoms in total. The average molecular weight is 262 g/mol. The highest BCUT2D eigenvalue weighted by Crippen LogP contribution is 2.21. The minimum absolute atomic E-state index is 0.639. The molecule has 0 radical (unpaired) electrons. The Hall–Kier alpha value is -1.55. The number of thiophene rings is 1. The number of hydrogen-bond acceptors (Lipinski definition) is 4. The molecule has 2 aromatic heterocycles. The van der Waals surface area contributed by atoms with Gasteiger partial charge in [0, 0.05) is 15.8 Å². The van der Waals surface area contributed by atoms with Gasteiger partial charge in [-0.05, 0) is 38.5 Å². The number of ether oxygens (including phenoxy) is 1. The Morgan fingerprint density at radius 2 is 2.17 bits per heavy atom. The Morgan fingerprint density at radius 1 is 1.33 bits per heavy atom. The Bertz CT molecular complexity index is 503. The summed E-state index contributed by atoms with van der Waals surface area (Å²) >= 11 is 1.83. The molecule has 96 valence electrons. The quantitative estimate of drug-likeness (QED) is 0.890. The Kier molecular flexibility index (Phi) is 4.20. The number of anilines is 1. The highest BCUT2D eigenvalue weighted by atomic mass is 32.1. The summed E-state index contributed by atoms with van der Waals surface area (Å²) in [6.07, 6.45) is 0. The van der Waals surface area contributed by atoms with Gasteiger partial charge in [0.2, 0.25) is 5.88 Å². The fourth-order valence-electron chi connectivity index (χ4n) is 1.66. The molecule has 0 unspecified atom stereocenters. The molecular formula is C14H18N2OS. The average Bonchev–Trinajstić information content (AvgIpc) is 2.67. The van der Waals surface area contributed by atoms with Crippen LogP contribution in [0.25, 0.3) is 0 Å². The van der Waals surface area contributed by atoms with E-state index in [9.17, 15) is 0 Å². The number of aromatic nitrogens is 1. The van der Waals surface area contributed by atoms with Crippen molar-refractivity contribution in [3.05, 3.63) is 39.6 Å². The van der Waals surface area contributed by atoms with Crippen LogP contribution in [0.5, 0.6) is 5.88 Å². The zero-order valence-electron chi connectivity index (χ0n) is 11.0. The first-order valence-corrected chi connectivity index (χ1v) is 6.90. The van der Waals surface area contributed by atoms with E-state index in [1.165, 1.54) is 15.3 Å². The van der Waals surface area contributed by atoms with E-state index in [0.717, 1.165) is 12.4 Å². The number of nitrogens with zero attached hydrogens (tertiary/aromatic N) is 1. The third-order valence-electron chi connectivity index (χ3n) is 2.68. The predicted molar refractivity (Wildman–Crippen MR) is 76.5 cm³/mol. The number of pyridine rings is 1. The standard InChI is InChI=1S/C14H18N2OS/c1-4-17-14-7-5-6-13(16-14)15-9-12-8-10(2)11(3)18-12/h5-8H,4,9H2,1-3H3,(H,15,16). The largest absolute Gasteiger partial charge is 0.478 e. The third-order valence-corrected chi connectivity index (χ3v) is 3.83. The van der Waals surface area contributed by atoms with E-state index >= 15 is 0 Å². The molecule has 2 heterocycles. The van der Waals surface area contributed by atoms with Crippen molar-refractivity contribution in [1.29, 1.82) is 0 Å². The minimum Gasteiger partial charge on any atom is -0.478 e. The fourth-order valence-corrected chi connectivity index (χ4v) is 2.65. The van der Waals surface area contributed by atoms with Crippen LogP contribution in [-0.2, 0) is 6.54 Å². The first kappa shape index (κ1) is 12.9. The molecular weight excluding hydrogens is 244 g/mol. The molecule has 0 atom stereocenters. The molecule has 18 heavy (non-hydrogen) atoms. The topological polar surface area (TPSA) is 34.1 Å². The monoisotopic (exact) mass is 262 g/mol. The first-order chi connectivity index (χ1) is 8.69. The molecule has 0 saturated carbocycles. The van der Waals surface area contributed by atoms with E-state index in [-0.39, 0.29) is 0 Å². The molecule has 0 fully saturated rings. The second-order valence-electron chi connectivity index (χ2n) is 4.10. The lowest BCUT2D eigenvalue weighted by atomic mass is 10.3. The molecule has 0 aliphatic carbocycles. The van der Waals surface area contributed by atoms with Gasteiger partial charge in [0.1, 0.15) is 5.82 Å². The summed E-state index contributed by atoms with van der Waals surface area (Å²) in [6.45, 7) is 7.70. The van der Waals surface area contributed by atoms with Gasteiger partial charge in [-0.1, -0.05) is 6.07 Å². The molecule has 4 heteroatoms. The lowest BCUT2D eigenvalue weighted by Gasteiger charge is -2.06. The summed E-state index contributed by atoms with van der Waals surface area (Å²) in [7, 11) is 0. The van der Waals surface area contributed by atoms with Crippen LogP contribution in [0.3, 0.4) is 0 Å². The molecule has 0 aliphatic rings. The van der Waals surface area contributed by atoms with Crippen molar-refractivity contribution in [2.75, 3.05) is 11.9 Å². The van der Waals surface area contributed by atoms with Crippen LogP contribution < -0.4 is 10.1 Å². The maximum Gasteiger partial charge on any atom is 0.215 e. The van der Waals surface area contributed by atoms with Crippen molar-refractivity contribution in [3.8, 4) is 5.88 Å². The van der Waals surface area contributed by atoms with Crippen LogP contribution in [-0.4, -0.2) is 11.6 Å². The zero-order chi connectivity index (χ0) is 13.0. The van der Waals surface area contributed by atoms with Gasteiger partial charge in [-0.2, -0.15) is 4.98 Å². The second kappa shape index (κ2) is 5.87.